The van der Waals surface area contributed by atoms with Gasteiger partial charge in [0.1, 0.15) is 10.7 Å². The fourth-order valence-corrected chi connectivity index (χ4v) is 2.17. The van der Waals surface area contributed by atoms with E-state index in [-0.39, 0.29) is 5.56 Å². The summed E-state index contributed by atoms with van der Waals surface area (Å²) in [5.41, 5.74) is -0.448. The third-order valence-electron chi connectivity index (χ3n) is 1.94. The lowest BCUT2D eigenvalue weighted by Gasteiger charge is -2.20. The van der Waals surface area contributed by atoms with Crippen molar-refractivity contribution in [1.82, 2.24) is 5.32 Å². The predicted octanol–water partition coefficient (Wildman–Crippen LogP) is 2.28. The summed E-state index contributed by atoms with van der Waals surface area (Å²) in [6.07, 6.45) is 0. The molecular formula is C11H13ClFNO3S. The summed E-state index contributed by atoms with van der Waals surface area (Å²) in [4.78, 5) is 11.1. The second-order valence-corrected chi connectivity index (χ2v) is 7.32. The molecule has 100 valence electrons. The molecule has 0 fully saturated rings. The van der Waals surface area contributed by atoms with Crippen LogP contribution in [0.5, 0.6) is 0 Å². The summed E-state index contributed by atoms with van der Waals surface area (Å²) in [7, 11) is 0.858. The molecule has 0 unspecified atom stereocenters. The number of amides is 1. The van der Waals surface area contributed by atoms with Gasteiger partial charge in [0.05, 0.1) is 0 Å². The SMILES string of the molecule is CC(C)(C)NC(=O)c1ccc(F)c(S(=O)(=O)Cl)c1. The smallest absolute Gasteiger partial charge is 0.264 e. The van der Waals surface area contributed by atoms with Crippen molar-refractivity contribution in [3.8, 4) is 0 Å². The monoisotopic (exact) mass is 293 g/mol. The van der Waals surface area contributed by atoms with E-state index in [1.165, 1.54) is 6.07 Å². The van der Waals surface area contributed by atoms with Gasteiger partial charge in [0.15, 0.2) is 0 Å². The number of hydrogen-bond donors (Lipinski definition) is 1. The summed E-state index contributed by atoms with van der Waals surface area (Å²) >= 11 is 0. The second kappa shape index (κ2) is 4.85. The Balaban J connectivity index is 3.18. The van der Waals surface area contributed by atoms with Crippen molar-refractivity contribution in [3.05, 3.63) is 29.6 Å². The molecule has 0 aliphatic rings. The second-order valence-electron chi connectivity index (χ2n) is 4.79. The van der Waals surface area contributed by atoms with Gasteiger partial charge in [-0.05, 0) is 39.0 Å². The molecule has 7 heteroatoms. The van der Waals surface area contributed by atoms with Gasteiger partial charge in [-0.15, -0.1) is 0 Å². The van der Waals surface area contributed by atoms with Gasteiger partial charge in [-0.2, -0.15) is 0 Å². The summed E-state index contributed by atoms with van der Waals surface area (Å²) < 4.78 is 35.5. The highest BCUT2D eigenvalue weighted by Gasteiger charge is 2.20. The summed E-state index contributed by atoms with van der Waals surface area (Å²) in [5, 5.41) is 2.63. The van der Waals surface area contributed by atoms with Gasteiger partial charge < -0.3 is 5.32 Å². The van der Waals surface area contributed by atoms with Crippen LogP contribution < -0.4 is 5.32 Å². The van der Waals surface area contributed by atoms with E-state index < -0.39 is 31.2 Å². The van der Waals surface area contributed by atoms with E-state index in [1.54, 1.807) is 20.8 Å². The number of rotatable bonds is 2. The summed E-state index contributed by atoms with van der Waals surface area (Å²) in [6, 6.07) is 3.01. The maximum Gasteiger partial charge on any atom is 0.264 e. The minimum atomic E-state index is -4.22. The lowest BCUT2D eigenvalue weighted by molar-refractivity contribution is 0.0919. The van der Waals surface area contributed by atoms with E-state index in [2.05, 4.69) is 5.32 Å². The Kier molecular flexibility index (Phi) is 4.02. The van der Waals surface area contributed by atoms with Gasteiger partial charge in [0, 0.05) is 21.8 Å². The number of carbonyl (C=O) groups excluding carboxylic acids is 1. The maximum absolute atomic E-state index is 13.3. The largest absolute Gasteiger partial charge is 0.347 e. The molecule has 1 N–H and O–H groups in total. The first-order valence-corrected chi connectivity index (χ1v) is 7.38. The van der Waals surface area contributed by atoms with E-state index in [0.717, 1.165) is 12.1 Å². The average Bonchev–Trinajstić information content (AvgIpc) is 2.13. The van der Waals surface area contributed by atoms with Crippen LogP contribution in [0.25, 0.3) is 0 Å². The third-order valence-corrected chi connectivity index (χ3v) is 3.28. The molecule has 4 nitrogen and oxygen atoms in total. The van der Waals surface area contributed by atoms with Crippen LogP contribution in [0.15, 0.2) is 23.1 Å². The maximum atomic E-state index is 13.3. The zero-order valence-electron chi connectivity index (χ0n) is 10.1. The van der Waals surface area contributed by atoms with Crippen LogP contribution in [0.4, 0.5) is 4.39 Å². The number of hydrogen-bond acceptors (Lipinski definition) is 3. The molecule has 0 heterocycles. The highest BCUT2D eigenvalue weighted by atomic mass is 35.7. The molecule has 1 aromatic rings. The van der Waals surface area contributed by atoms with E-state index in [9.17, 15) is 17.6 Å². The van der Waals surface area contributed by atoms with E-state index >= 15 is 0 Å². The number of carbonyl (C=O) groups is 1. The van der Waals surface area contributed by atoms with Crippen LogP contribution in [-0.4, -0.2) is 19.9 Å². The van der Waals surface area contributed by atoms with Crippen LogP contribution in [-0.2, 0) is 9.05 Å². The molecule has 0 aliphatic carbocycles. The van der Waals surface area contributed by atoms with Crippen molar-refractivity contribution in [2.75, 3.05) is 0 Å². The lowest BCUT2D eigenvalue weighted by atomic mass is 10.1. The molecule has 0 spiro atoms. The predicted molar refractivity (Wildman–Crippen MR) is 66.7 cm³/mol. The van der Waals surface area contributed by atoms with Crippen molar-refractivity contribution < 1.29 is 17.6 Å². The van der Waals surface area contributed by atoms with Crippen molar-refractivity contribution in [3.63, 3.8) is 0 Å². The molecule has 0 saturated carbocycles. The minimum Gasteiger partial charge on any atom is -0.347 e. The fraction of sp³-hybridized carbons (Fsp3) is 0.364. The lowest BCUT2D eigenvalue weighted by Crippen LogP contribution is -2.40. The molecule has 1 aromatic carbocycles. The molecule has 18 heavy (non-hydrogen) atoms. The molecule has 0 aliphatic heterocycles. The highest BCUT2D eigenvalue weighted by Crippen LogP contribution is 2.20. The first-order valence-electron chi connectivity index (χ1n) is 5.07. The number of nitrogens with one attached hydrogen (secondary N) is 1. The van der Waals surface area contributed by atoms with Gasteiger partial charge in [0.25, 0.3) is 15.0 Å². The minimum absolute atomic E-state index is 0.0329. The van der Waals surface area contributed by atoms with Gasteiger partial charge in [0.2, 0.25) is 0 Å². The van der Waals surface area contributed by atoms with E-state index in [4.69, 9.17) is 10.7 Å². The normalized spacial score (nSPS) is 12.3. The highest BCUT2D eigenvalue weighted by molar-refractivity contribution is 8.13. The van der Waals surface area contributed by atoms with Crippen LogP contribution in [0.2, 0.25) is 0 Å². The molecule has 1 rings (SSSR count). The summed E-state index contributed by atoms with van der Waals surface area (Å²) in [6.45, 7) is 5.31. The quantitative estimate of drug-likeness (QED) is 0.851. The van der Waals surface area contributed by atoms with Crippen LogP contribution in [0.3, 0.4) is 0 Å². The average molecular weight is 294 g/mol. The summed E-state index contributed by atoms with van der Waals surface area (Å²) in [5.74, 6) is -1.48. The Morgan fingerprint density at radius 1 is 1.33 bits per heavy atom. The molecule has 0 radical (unpaired) electrons. The Hall–Kier alpha value is -1.14. The van der Waals surface area contributed by atoms with Crippen molar-refractivity contribution in [2.24, 2.45) is 0 Å². The Morgan fingerprint density at radius 3 is 2.33 bits per heavy atom. The fourth-order valence-electron chi connectivity index (χ4n) is 1.24. The van der Waals surface area contributed by atoms with Crippen LogP contribution >= 0.6 is 10.7 Å². The standard InChI is InChI=1S/C11H13ClFNO3S/c1-11(2,3)14-10(15)7-4-5-8(13)9(6-7)18(12,16)17/h4-6H,1-3H3,(H,14,15). The molecule has 0 saturated heterocycles. The molecule has 0 atom stereocenters. The number of benzene rings is 1. The Bertz CT molecular complexity index is 578. The first kappa shape index (κ1) is 14.9. The number of halogens is 2. The van der Waals surface area contributed by atoms with E-state index in [1.807, 2.05) is 0 Å². The van der Waals surface area contributed by atoms with Crippen LogP contribution in [0, 0.1) is 5.82 Å². The van der Waals surface area contributed by atoms with Gasteiger partial charge in [-0.1, -0.05) is 0 Å². The van der Waals surface area contributed by atoms with Gasteiger partial charge in [-0.3, -0.25) is 4.79 Å². The zero-order chi connectivity index (χ0) is 14.1. The topological polar surface area (TPSA) is 63.2 Å². The Morgan fingerprint density at radius 2 is 1.89 bits per heavy atom. The van der Waals surface area contributed by atoms with Gasteiger partial charge in [-0.25, -0.2) is 12.8 Å². The van der Waals surface area contributed by atoms with Gasteiger partial charge >= 0.3 is 0 Å². The van der Waals surface area contributed by atoms with Crippen molar-refractivity contribution in [2.45, 2.75) is 31.2 Å². The van der Waals surface area contributed by atoms with Crippen LogP contribution in [0.1, 0.15) is 31.1 Å². The molecule has 0 aromatic heterocycles. The molecule has 0 bridgehead atoms. The zero-order valence-corrected chi connectivity index (χ0v) is 11.7. The first-order chi connectivity index (χ1) is 8.00. The molecular weight excluding hydrogens is 281 g/mol. The van der Waals surface area contributed by atoms with Crippen molar-refractivity contribution >= 4 is 25.6 Å². The third kappa shape index (κ3) is 3.96. The molecule has 1 amide bonds. The van der Waals surface area contributed by atoms with E-state index in [0.29, 0.717) is 0 Å². The van der Waals surface area contributed by atoms with Crippen molar-refractivity contribution in [1.29, 1.82) is 0 Å². The Labute approximate surface area is 110 Å².